The topological polar surface area (TPSA) is 92.4 Å². The van der Waals surface area contributed by atoms with Crippen molar-refractivity contribution in [1.29, 1.82) is 0 Å². The number of carboxylic acids is 1. The van der Waals surface area contributed by atoms with Crippen molar-refractivity contribution in [2.75, 3.05) is 11.1 Å². The minimum atomic E-state index is -1.33. The summed E-state index contributed by atoms with van der Waals surface area (Å²) in [6, 6.07) is 7.97. The molecule has 0 saturated heterocycles. The van der Waals surface area contributed by atoms with Crippen LogP contribution < -0.4 is 11.1 Å². The van der Waals surface area contributed by atoms with Crippen LogP contribution in [0.4, 0.5) is 15.8 Å². The van der Waals surface area contributed by atoms with Crippen molar-refractivity contribution in [2.45, 2.75) is 0 Å². The first-order chi connectivity index (χ1) is 9.90. The molecule has 4 N–H and O–H groups in total. The fourth-order valence-corrected chi connectivity index (χ4v) is 2.06. The number of amides is 1. The summed E-state index contributed by atoms with van der Waals surface area (Å²) >= 11 is 3.18. The van der Waals surface area contributed by atoms with Crippen molar-refractivity contribution < 1.29 is 19.1 Å². The molecule has 2 aromatic rings. The first-order valence-corrected chi connectivity index (χ1v) is 6.57. The van der Waals surface area contributed by atoms with Crippen LogP contribution in [0.2, 0.25) is 0 Å². The Balaban J connectivity index is 2.36. The van der Waals surface area contributed by atoms with E-state index in [1.165, 1.54) is 30.3 Å². The van der Waals surface area contributed by atoms with Crippen LogP contribution in [0.25, 0.3) is 0 Å². The van der Waals surface area contributed by atoms with E-state index in [-0.39, 0.29) is 16.8 Å². The number of para-hydroxylation sites is 1. The molecule has 21 heavy (non-hydrogen) atoms. The highest BCUT2D eigenvalue weighted by Gasteiger charge is 2.17. The molecule has 0 fully saturated rings. The van der Waals surface area contributed by atoms with Crippen LogP contribution in [0.5, 0.6) is 0 Å². The molecule has 0 aliphatic heterocycles. The van der Waals surface area contributed by atoms with Gasteiger partial charge in [-0.1, -0.05) is 6.07 Å². The number of nitrogens with one attached hydrogen (secondary N) is 1. The Morgan fingerprint density at radius 1 is 1.24 bits per heavy atom. The molecule has 0 atom stereocenters. The van der Waals surface area contributed by atoms with Crippen molar-refractivity contribution >= 4 is 39.2 Å². The molecule has 0 aliphatic carbocycles. The largest absolute Gasteiger partial charge is 0.478 e. The summed E-state index contributed by atoms with van der Waals surface area (Å²) in [6.45, 7) is 0. The van der Waals surface area contributed by atoms with Gasteiger partial charge < -0.3 is 16.2 Å². The molecule has 0 aromatic heterocycles. The summed E-state index contributed by atoms with van der Waals surface area (Å²) in [5, 5.41) is 11.3. The van der Waals surface area contributed by atoms with E-state index in [0.29, 0.717) is 10.2 Å². The van der Waals surface area contributed by atoms with Gasteiger partial charge in [-0.2, -0.15) is 0 Å². The van der Waals surface area contributed by atoms with E-state index in [0.717, 1.165) is 6.07 Å². The highest BCUT2D eigenvalue weighted by molar-refractivity contribution is 9.10. The number of hydrogen-bond donors (Lipinski definition) is 3. The molecule has 5 nitrogen and oxygen atoms in total. The Labute approximate surface area is 127 Å². The summed E-state index contributed by atoms with van der Waals surface area (Å²) in [5.41, 5.74) is 5.59. The molecule has 0 saturated carbocycles. The van der Waals surface area contributed by atoms with E-state index in [2.05, 4.69) is 21.2 Å². The zero-order valence-electron chi connectivity index (χ0n) is 10.6. The summed E-state index contributed by atoms with van der Waals surface area (Å²) in [6.07, 6.45) is 0. The summed E-state index contributed by atoms with van der Waals surface area (Å²) in [4.78, 5) is 23.1. The van der Waals surface area contributed by atoms with Crippen LogP contribution >= 0.6 is 15.9 Å². The maximum absolute atomic E-state index is 13.7. The number of carbonyl (C=O) groups is 2. The number of benzene rings is 2. The number of carbonyl (C=O) groups excluding carboxylic acids is 1. The van der Waals surface area contributed by atoms with Crippen LogP contribution in [0.3, 0.4) is 0 Å². The smallest absolute Gasteiger partial charge is 0.337 e. The molecule has 0 aliphatic rings. The van der Waals surface area contributed by atoms with Gasteiger partial charge >= 0.3 is 5.97 Å². The molecule has 108 valence electrons. The highest BCUT2D eigenvalue weighted by Crippen LogP contribution is 2.23. The predicted molar refractivity (Wildman–Crippen MR) is 79.9 cm³/mol. The zero-order chi connectivity index (χ0) is 15.6. The normalized spacial score (nSPS) is 10.2. The Hall–Kier alpha value is -2.41. The van der Waals surface area contributed by atoms with Gasteiger partial charge in [0.25, 0.3) is 5.91 Å². The van der Waals surface area contributed by atoms with Gasteiger partial charge in [0.1, 0.15) is 5.82 Å². The van der Waals surface area contributed by atoms with Crippen molar-refractivity contribution in [1.82, 2.24) is 0 Å². The zero-order valence-corrected chi connectivity index (χ0v) is 12.1. The molecule has 0 spiro atoms. The number of nitrogens with two attached hydrogens (primary N) is 1. The number of hydrogen-bond acceptors (Lipinski definition) is 3. The quantitative estimate of drug-likeness (QED) is 0.740. The molecule has 7 heteroatoms. The summed E-state index contributed by atoms with van der Waals surface area (Å²) in [5.74, 6) is -2.79. The highest BCUT2D eigenvalue weighted by atomic mass is 79.9. The molecular weight excluding hydrogens is 343 g/mol. The average Bonchev–Trinajstić information content (AvgIpc) is 2.43. The van der Waals surface area contributed by atoms with Crippen molar-refractivity contribution in [3.63, 3.8) is 0 Å². The maximum atomic E-state index is 13.7. The number of halogens is 2. The molecule has 2 aromatic carbocycles. The minimum Gasteiger partial charge on any atom is -0.478 e. The average molecular weight is 353 g/mol. The molecular formula is C14H10BrFN2O3. The van der Waals surface area contributed by atoms with Gasteiger partial charge in [0, 0.05) is 15.7 Å². The van der Waals surface area contributed by atoms with Gasteiger partial charge in [0.05, 0.1) is 11.3 Å². The maximum Gasteiger partial charge on any atom is 0.337 e. The second-order valence-electron chi connectivity index (χ2n) is 4.16. The van der Waals surface area contributed by atoms with E-state index in [9.17, 15) is 14.0 Å². The predicted octanol–water partition coefficient (Wildman–Crippen LogP) is 3.12. The van der Waals surface area contributed by atoms with Crippen molar-refractivity contribution in [2.24, 2.45) is 0 Å². The third-order valence-corrected chi connectivity index (χ3v) is 3.43. The Kier molecular flexibility index (Phi) is 4.23. The molecule has 0 unspecified atom stereocenters. The second-order valence-corrected chi connectivity index (χ2v) is 5.01. The van der Waals surface area contributed by atoms with Crippen LogP contribution in [0.1, 0.15) is 20.7 Å². The van der Waals surface area contributed by atoms with E-state index in [1.54, 1.807) is 0 Å². The van der Waals surface area contributed by atoms with Crippen LogP contribution in [0.15, 0.2) is 40.9 Å². The van der Waals surface area contributed by atoms with Gasteiger partial charge in [0.2, 0.25) is 0 Å². The SMILES string of the molecule is Nc1ccc(C(=O)Nc2c(F)cccc2C(=O)O)cc1Br. The lowest BCUT2D eigenvalue weighted by Crippen LogP contribution is -2.16. The second kappa shape index (κ2) is 5.92. The molecule has 0 heterocycles. The lowest BCUT2D eigenvalue weighted by Gasteiger charge is -2.10. The minimum absolute atomic E-state index is 0.218. The van der Waals surface area contributed by atoms with Gasteiger partial charge in [-0.25, -0.2) is 9.18 Å². The summed E-state index contributed by atoms with van der Waals surface area (Å²) < 4.78 is 14.2. The lowest BCUT2D eigenvalue weighted by molar-refractivity contribution is 0.0697. The third-order valence-electron chi connectivity index (χ3n) is 2.75. The van der Waals surface area contributed by atoms with Gasteiger partial charge in [-0.3, -0.25) is 4.79 Å². The standard InChI is InChI=1S/C14H10BrFN2O3/c15-9-6-7(4-5-11(9)17)13(19)18-12-8(14(20)21)2-1-3-10(12)16/h1-6H,17H2,(H,18,19)(H,20,21). The third kappa shape index (κ3) is 3.19. The van der Waals surface area contributed by atoms with E-state index >= 15 is 0 Å². The number of carboxylic acid groups (broad SMARTS) is 1. The number of rotatable bonds is 3. The van der Waals surface area contributed by atoms with Gasteiger partial charge in [-0.15, -0.1) is 0 Å². The molecule has 1 amide bonds. The van der Waals surface area contributed by atoms with E-state index < -0.39 is 17.7 Å². The summed E-state index contributed by atoms with van der Waals surface area (Å²) in [7, 11) is 0. The van der Waals surface area contributed by atoms with Gasteiger partial charge in [0.15, 0.2) is 0 Å². The van der Waals surface area contributed by atoms with Gasteiger partial charge in [-0.05, 0) is 46.3 Å². The monoisotopic (exact) mass is 352 g/mol. The Morgan fingerprint density at radius 3 is 2.57 bits per heavy atom. The molecule has 0 bridgehead atoms. The van der Waals surface area contributed by atoms with Crippen molar-refractivity contribution in [3.8, 4) is 0 Å². The number of aromatic carboxylic acids is 1. The fraction of sp³-hybridized carbons (Fsp3) is 0. The van der Waals surface area contributed by atoms with Crippen LogP contribution in [-0.2, 0) is 0 Å². The van der Waals surface area contributed by atoms with E-state index in [4.69, 9.17) is 10.8 Å². The fourth-order valence-electron chi connectivity index (χ4n) is 1.68. The number of nitrogen functional groups attached to an aromatic ring is 1. The number of anilines is 2. The van der Waals surface area contributed by atoms with Crippen LogP contribution in [-0.4, -0.2) is 17.0 Å². The Morgan fingerprint density at radius 2 is 1.95 bits per heavy atom. The first-order valence-electron chi connectivity index (χ1n) is 5.78. The Bertz CT molecular complexity index is 734. The van der Waals surface area contributed by atoms with Crippen LogP contribution in [0, 0.1) is 5.82 Å². The van der Waals surface area contributed by atoms with Crippen molar-refractivity contribution in [3.05, 3.63) is 57.8 Å². The molecule has 2 rings (SSSR count). The molecule has 0 radical (unpaired) electrons. The first kappa shape index (κ1) is 15.0. The van der Waals surface area contributed by atoms with E-state index in [1.807, 2.05) is 0 Å². The lowest BCUT2D eigenvalue weighted by atomic mass is 10.1.